The van der Waals surface area contributed by atoms with E-state index < -0.39 is 0 Å². The van der Waals surface area contributed by atoms with Crippen LogP contribution in [0.25, 0.3) is 0 Å². The largest absolute Gasteiger partial charge is 0.492 e. The van der Waals surface area contributed by atoms with Crippen LogP contribution >= 0.6 is 0 Å². The summed E-state index contributed by atoms with van der Waals surface area (Å²) in [5, 5.41) is 8.88. The van der Waals surface area contributed by atoms with Gasteiger partial charge in [0.05, 0.1) is 24.9 Å². The molecule has 0 heterocycles. The van der Waals surface area contributed by atoms with Crippen molar-refractivity contribution in [3.63, 3.8) is 0 Å². The lowest BCUT2D eigenvalue weighted by molar-refractivity contribution is -0.114. The number of para-hydroxylation sites is 2. The molecule has 1 unspecified atom stereocenters. The van der Waals surface area contributed by atoms with Gasteiger partial charge in [-0.05, 0) is 55.8 Å². The van der Waals surface area contributed by atoms with Crippen molar-refractivity contribution in [2.75, 3.05) is 23.8 Å². The number of hydrogen-bond acceptors (Lipinski definition) is 4. The van der Waals surface area contributed by atoms with Gasteiger partial charge in [0.2, 0.25) is 5.91 Å². The lowest BCUT2D eigenvalue weighted by Gasteiger charge is -2.15. The topological polar surface area (TPSA) is 79.5 Å². The van der Waals surface area contributed by atoms with Crippen molar-refractivity contribution in [1.29, 1.82) is 0 Å². The Balaban J connectivity index is 1.52. The van der Waals surface area contributed by atoms with Crippen LogP contribution in [0.3, 0.4) is 0 Å². The molecule has 3 aromatic rings. The Morgan fingerprint density at radius 3 is 2.29 bits per heavy atom. The van der Waals surface area contributed by atoms with Crippen molar-refractivity contribution in [2.24, 2.45) is 0 Å². The first kappa shape index (κ1) is 21.9. The van der Waals surface area contributed by atoms with E-state index in [4.69, 9.17) is 4.74 Å². The molecule has 6 nitrogen and oxygen atoms in total. The molecule has 0 saturated heterocycles. The second-order valence-corrected chi connectivity index (χ2v) is 7.01. The first-order chi connectivity index (χ1) is 15.1. The minimum absolute atomic E-state index is 0.0981. The highest BCUT2D eigenvalue weighted by Gasteiger charge is 2.12. The van der Waals surface area contributed by atoms with Gasteiger partial charge in [-0.25, -0.2) is 0 Å². The Kier molecular flexibility index (Phi) is 7.65. The van der Waals surface area contributed by atoms with E-state index >= 15 is 0 Å². The standard InChI is InChI=1S/C25H27N3O3/c1-3-31-23-12-8-7-11-22(23)26-17-24(29)28-21-15-13-20(14-16-21)25(30)27-18(2)19-9-5-4-6-10-19/h4-16,18,26H,3,17H2,1-2H3,(H,27,30)(H,28,29). The van der Waals surface area contributed by atoms with Gasteiger partial charge in [-0.1, -0.05) is 42.5 Å². The van der Waals surface area contributed by atoms with Gasteiger partial charge in [-0.15, -0.1) is 0 Å². The third-order valence-corrected chi connectivity index (χ3v) is 4.70. The van der Waals surface area contributed by atoms with E-state index in [0.717, 1.165) is 11.3 Å². The Morgan fingerprint density at radius 2 is 1.58 bits per heavy atom. The predicted molar refractivity (Wildman–Crippen MR) is 123 cm³/mol. The molecule has 0 aliphatic rings. The summed E-state index contributed by atoms with van der Waals surface area (Å²) < 4.78 is 5.55. The minimum Gasteiger partial charge on any atom is -0.492 e. The van der Waals surface area contributed by atoms with Crippen molar-refractivity contribution in [3.05, 3.63) is 90.0 Å². The highest BCUT2D eigenvalue weighted by atomic mass is 16.5. The monoisotopic (exact) mass is 417 g/mol. The zero-order valence-corrected chi connectivity index (χ0v) is 17.7. The van der Waals surface area contributed by atoms with Gasteiger partial charge in [0, 0.05) is 11.3 Å². The van der Waals surface area contributed by atoms with Crippen LogP contribution in [0.1, 0.15) is 35.8 Å². The molecule has 3 aromatic carbocycles. The third kappa shape index (κ3) is 6.34. The van der Waals surface area contributed by atoms with Crippen LogP contribution in [0.4, 0.5) is 11.4 Å². The first-order valence-electron chi connectivity index (χ1n) is 10.3. The maximum atomic E-state index is 12.5. The Hall–Kier alpha value is -3.80. The van der Waals surface area contributed by atoms with Crippen molar-refractivity contribution in [1.82, 2.24) is 5.32 Å². The number of rotatable bonds is 9. The molecule has 0 radical (unpaired) electrons. The highest BCUT2D eigenvalue weighted by molar-refractivity contribution is 5.97. The second-order valence-electron chi connectivity index (χ2n) is 7.01. The average Bonchev–Trinajstić information content (AvgIpc) is 2.79. The van der Waals surface area contributed by atoms with Gasteiger partial charge >= 0.3 is 0 Å². The fourth-order valence-electron chi connectivity index (χ4n) is 3.08. The summed E-state index contributed by atoms with van der Waals surface area (Å²) in [6, 6.07) is 24.0. The van der Waals surface area contributed by atoms with E-state index in [-0.39, 0.29) is 24.4 Å². The van der Waals surface area contributed by atoms with Crippen LogP contribution in [-0.4, -0.2) is 25.0 Å². The quantitative estimate of drug-likeness (QED) is 0.474. The number of hydrogen-bond donors (Lipinski definition) is 3. The van der Waals surface area contributed by atoms with E-state index in [0.29, 0.717) is 23.6 Å². The highest BCUT2D eigenvalue weighted by Crippen LogP contribution is 2.23. The number of nitrogens with one attached hydrogen (secondary N) is 3. The Bertz CT molecular complexity index is 1000. The number of anilines is 2. The molecule has 0 fully saturated rings. The molecule has 3 rings (SSSR count). The molecule has 0 saturated carbocycles. The summed E-state index contributed by atoms with van der Waals surface area (Å²) in [4.78, 5) is 24.8. The summed E-state index contributed by atoms with van der Waals surface area (Å²) in [6.07, 6.45) is 0. The molecule has 0 bridgehead atoms. The fraction of sp³-hybridized carbons (Fsp3) is 0.200. The molecule has 1 atom stereocenters. The van der Waals surface area contributed by atoms with Crippen LogP contribution in [0, 0.1) is 0 Å². The van der Waals surface area contributed by atoms with Gasteiger partial charge < -0.3 is 20.7 Å². The number of carbonyl (C=O) groups excluding carboxylic acids is 2. The zero-order valence-electron chi connectivity index (χ0n) is 17.7. The first-order valence-corrected chi connectivity index (χ1v) is 10.3. The molecule has 0 aliphatic carbocycles. The molecule has 6 heteroatoms. The van der Waals surface area contributed by atoms with E-state index in [9.17, 15) is 9.59 Å². The molecule has 2 amide bonds. The van der Waals surface area contributed by atoms with Gasteiger partial charge in [0.1, 0.15) is 5.75 Å². The van der Waals surface area contributed by atoms with Crippen LogP contribution < -0.4 is 20.7 Å². The lowest BCUT2D eigenvalue weighted by Crippen LogP contribution is -2.26. The van der Waals surface area contributed by atoms with Crippen molar-refractivity contribution < 1.29 is 14.3 Å². The molecule has 3 N–H and O–H groups in total. The molecular formula is C25H27N3O3. The number of benzene rings is 3. The smallest absolute Gasteiger partial charge is 0.251 e. The van der Waals surface area contributed by atoms with Gasteiger partial charge in [0.15, 0.2) is 0 Å². The van der Waals surface area contributed by atoms with Gasteiger partial charge in [0.25, 0.3) is 5.91 Å². The van der Waals surface area contributed by atoms with Crippen LogP contribution in [0.15, 0.2) is 78.9 Å². The van der Waals surface area contributed by atoms with E-state index in [2.05, 4.69) is 16.0 Å². The van der Waals surface area contributed by atoms with Crippen LogP contribution in [0.5, 0.6) is 5.75 Å². The van der Waals surface area contributed by atoms with Crippen molar-refractivity contribution in [2.45, 2.75) is 19.9 Å². The zero-order chi connectivity index (χ0) is 22.1. The summed E-state index contributed by atoms with van der Waals surface area (Å²) in [5.74, 6) is 0.350. The molecule has 0 aliphatic heterocycles. The summed E-state index contributed by atoms with van der Waals surface area (Å²) in [7, 11) is 0. The predicted octanol–water partition coefficient (Wildman–Crippen LogP) is 4.63. The molecular weight excluding hydrogens is 390 g/mol. The maximum absolute atomic E-state index is 12.5. The SMILES string of the molecule is CCOc1ccccc1NCC(=O)Nc1ccc(C(=O)NC(C)c2ccccc2)cc1. The molecule has 160 valence electrons. The molecule has 0 spiro atoms. The third-order valence-electron chi connectivity index (χ3n) is 4.70. The number of amides is 2. The summed E-state index contributed by atoms with van der Waals surface area (Å²) in [6.45, 7) is 4.50. The van der Waals surface area contributed by atoms with E-state index in [1.54, 1.807) is 24.3 Å². The Morgan fingerprint density at radius 1 is 0.903 bits per heavy atom. The maximum Gasteiger partial charge on any atom is 0.251 e. The summed E-state index contributed by atoms with van der Waals surface area (Å²) in [5.41, 5.74) is 2.96. The van der Waals surface area contributed by atoms with E-state index in [1.165, 1.54) is 0 Å². The van der Waals surface area contributed by atoms with Crippen LogP contribution in [0.2, 0.25) is 0 Å². The Labute approximate surface area is 182 Å². The fourth-order valence-corrected chi connectivity index (χ4v) is 3.08. The van der Waals surface area contributed by atoms with Gasteiger partial charge in [-0.2, -0.15) is 0 Å². The normalized spacial score (nSPS) is 11.3. The molecule has 0 aromatic heterocycles. The van der Waals surface area contributed by atoms with Gasteiger partial charge in [-0.3, -0.25) is 9.59 Å². The second kappa shape index (κ2) is 10.8. The minimum atomic E-state index is -0.193. The average molecular weight is 418 g/mol. The van der Waals surface area contributed by atoms with E-state index in [1.807, 2.05) is 68.4 Å². The van der Waals surface area contributed by atoms with Crippen molar-refractivity contribution >= 4 is 23.2 Å². The summed E-state index contributed by atoms with van der Waals surface area (Å²) >= 11 is 0. The number of carbonyl (C=O) groups is 2. The van der Waals surface area contributed by atoms with Crippen molar-refractivity contribution in [3.8, 4) is 5.75 Å². The van der Waals surface area contributed by atoms with Crippen LogP contribution in [-0.2, 0) is 4.79 Å². The molecule has 31 heavy (non-hydrogen) atoms. The lowest BCUT2D eigenvalue weighted by atomic mass is 10.1. The number of ether oxygens (including phenoxy) is 1.